The molecule has 3 heterocycles. The van der Waals surface area contributed by atoms with E-state index in [1.807, 2.05) is 91.0 Å². The molecule has 0 saturated carbocycles. The largest absolute Gasteiger partial charge is 0.456 e. The molecule has 0 aliphatic heterocycles. The predicted molar refractivity (Wildman–Crippen MR) is 202 cm³/mol. The molecule has 50 heavy (non-hydrogen) atoms. The molecular formula is C45H27N3O2. The number of furan rings is 2. The molecule has 0 fully saturated rings. The highest BCUT2D eigenvalue weighted by atomic mass is 16.3. The zero-order chi connectivity index (χ0) is 42.6. The lowest BCUT2D eigenvalue weighted by Gasteiger charge is -2.11. The number of rotatable bonds is 5. The third-order valence-corrected chi connectivity index (χ3v) is 8.56. The first-order valence-electron chi connectivity index (χ1n) is 21.2. The first kappa shape index (κ1) is 19.2. The van der Waals surface area contributed by atoms with Gasteiger partial charge < -0.3 is 8.83 Å². The van der Waals surface area contributed by atoms with E-state index in [1.165, 1.54) is 0 Å². The topological polar surface area (TPSA) is 65.0 Å². The second kappa shape index (κ2) is 11.4. The van der Waals surface area contributed by atoms with Crippen molar-refractivity contribution in [2.75, 3.05) is 0 Å². The summed E-state index contributed by atoms with van der Waals surface area (Å²) in [5.41, 5.74) is 2.51. The molecule has 0 saturated heterocycles. The molecule has 0 amide bonds. The maximum Gasteiger partial charge on any atom is 0.164 e. The van der Waals surface area contributed by atoms with E-state index < -0.39 is 72.0 Å². The number of benzene rings is 7. The maximum atomic E-state index is 9.74. The molecule has 0 aliphatic rings. The SMILES string of the molecule is [2H]c1c([2H])c([2H])c(-c2c([2H])c(-c3nc(-c4ccc(-c5ccccc5)cc4)nc(-c4ccc5c(c4)oc4ccccc45)n3)c([2H])c3c2oc2c([2H])c([2H])c([2H])c([2H])c23)c([2H])c1[2H]. The zero-order valence-corrected chi connectivity index (χ0v) is 25.9. The molecule has 0 N–H and O–H groups in total. The third kappa shape index (κ3) is 4.75. The van der Waals surface area contributed by atoms with Crippen LogP contribution in [0.5, 0.6) is 0 Å². The van der Waals surface area contributed by atoms with Crippen LogP contribution < -0.4 is 0 Å². The average Bonchev–Trinajstić information content (AvgIpc) is 3.87. The van der Waals surface area contributed by atoms with Gasteiger partial charge in [-0.1, -0.05) is 127 Å². The molecule has 0 atom stereocenters. The van der Waals surface area contributed by atoms with E-state index in [9.17, 15) is 2.74 Å². The van der Waals surface area contributed by atoms with Gasteiger partial charge in [0, 0.05) is 43.8 Å². The molecule has 5 nitrogen and oxygen atoms in total. The highest BCUT2D eigenvalue weighted by Gasteiger charge is 2.19. The summed E-state index contributed by atoms with van der Waals surface area (Å²) in [5, 5.41) is 1.39. The van der Waals surface area contributed by atoms with E-state index in [0.29, 0.717) is 22.3 Å². The van der Waals surface area contributed by atoms with Crippen molar-refractivity contribution in [3.05, 3.63) is 164 Å². The van der Waals surface area contributed by atoms with Gasteiger partial charge in [-0.3, -0.25) is 0 Å². The fraction of sp³-hybridized carbons (Fsp3) is 0. The Balaban J connectivity index is 1.31. The van der Waals surface area contributed by atoms with Crippen molar-refractivity contribution in [3.8, 4) is 56.4 Å². The Morgan fingerprint density at radius 3 is 1.88 bits per heavy atom. The van der Waals surface area contributed by atoms with Crippen LogP contribution in [-0.2, 0) is 0 Å². The van der Waals surface area contributed by atoms with Gasteiger partial charge in [0.05, 0.1) is 15.1 Å². The Hall–Kier alpha value is -6.85. The first-order valence-corrected chi connectivity index (χ1v) is 15.7. The van der Waals surface area contributed by atoms with Gasteiger partial charge in [-0.05, 0) is 53.0 Å². The monoisotopic (exact) mass is 652 g/mol. The summed E-state index contributed by atoms with van der Waals surface area (Å²) >= 11 is 0. The van der Waals surface area contributed by atoms with E-state index in [2.05, 4.69) is 0 Å². The van der Waals surface area contributed by atoms with Crippen LogP contribution in [0.4, 0.5) is 0 Å². The van der Waals surface area contributed by atoms with Gasteiger partial charge in [0.25, 0.3) is 0 Å². The van der Waals surface area contributed by atoms with Gasteiger partial charge in [0.1, 0.15) is 22.3 Å². The molecule has 10 rings (SSSR count). The highest BCUT2D eigenvalue weighted by molar-refractivity contribution is 6.11. The lowest BCUT2D eigenvalue weighted by molar-refractivity contribution is 0.669. The van der Waals surface area contributed by atoms with Crippen LogP contribution in [0.3, 0.4) is 0 Å². The molecule has 0 radical (unpaired) electrons. The van der Waals surface area contributed by atoms with Gasteiger partial charge in [-0.25, -0.2) is 15.0 Å². The number of aromatic nitrogens is 3. The molecule has 0 bridgehead atoms. The molecule has 0 spiro atoms. The van der Waals surface area contributed by atoms with Crippen molar-refractivity contribution in [2.45, 2.75) is 0 Å². The number of para-hydroxylation sites is 2. The number of fused-ring (bicyclic) bond motifs is 6. The minimum absolute atomic E-state index is 0.136. The Kier molecular flexibility index (Phi) is 4.38. The van der Waals surface area contributed by atoms with E-state index in [4.69, 9.17) is 36.1 Å². The van der Waals surface area contributed by atoms with Crippen molar-refractivity contribution in [1.29, 1.82) is 0 Å². The number of hydrogen-bond donors (Lipinski definition) is 0. The normalized spacial score (nSPS) is 14.7. The molecule has 7 aromatic carbocycles. The van der Waals surface area contributed by atoms with Crippen LogP contribution in [0.1, 0.15) is 15.1 Å². The summed E-state index contributed by atoms with van der Waals surface area (Å²) in [7, 11) is 0. The van der Waals surface area contributed by atoms with Crippen molar-refractivity contribution < 1.29 is 23.9 Å². The lowest BCUT2D eigenvalue weighted by Crippen LogP contribution is -2.00. The van der Waals surface area contributed by atoms with Crippen LogP contribution in [-0.4, -0.2) is 15.0 Å². The Morgan fingerprint density at radius 2 is 1.04 bits per heavy atom. The molecule has 234 valence electrons. The summed E-state index contributed by atoms with van der Waals surface area (Å²) < 4.78 is 109. The summed E-state index contributed by atoms with van der Waals surface area (Å²) in [6.07, 6.45) is 0. The maximum absolute atomic E-state index is 9.74. The predicted octanol–water partition coefficient (Wildman–Crippen LogP) is 12.0. The second-order valence-corrected chi connectivity index (χ2v) is 11.6. The van der Waals surface area contributed by atoms with E-state index >= 15 is 0 Å². The van der Waals surface area contributed by atoms with Crippen LogP contribution in [0.25, 0.3) is 100 Å². The van der Waals surface area contributed by atoms with Gasteiger partial charge in [-0.15, -0.1) is 0 Å². The van der Waals surface area contributed by atoms with Gasteiger partial charge >= 0.3 is 0 Å². The van der Waals surface area contributed by atoms with Crippen LogP contribution in [0.15, 0.2) is 172 Å². The fourth-order valence-corrected chi connectivity index (χ4v) is 6.17. The highest BCUT2D eigenvalue weighted by Crippen LogP contribution is 2.40. The first-order chi connectivity index (χ1) is 29.3. The minimum atomic E-state index is -0.690. The lowest BCUT2D eigenvalue weighted by atomic mass is 9.98. The van der Waals surface area contributed by atoms with Crippen molar-refractivity contribution >= 4 is 43.9 Å². The molecule has 0 aliphatic carbocycles. The Labute approximate surface area is 302 Å². The summed E-state index contributed by atoms with van der Waals surface area (Å²) in [6, 6.07) is 23.7. The van der Waals surface area contributed by atoms with Gasteiger partial charge in [-0.2, -0.15) is 0 Å². The summed E-state index contributed by atoms with van der Waals surface area (Å²) in [5.74, 6) is 0.0980. The van der Waals surface area contributed by atoms with E-state index in [1.54, 1.807) is 6.07 Å². The van der Waals surface area contributed by atoms with E-state index in [0.717, 1.165) is 21.9 Å². The molecule has 3 aromatic heterocycles. The quantitative estimate of drug-likeness (QED) is 0.185. The van der Waals surface area contributed by atoms with Crippen molar-refractivity contribution in [3.63, 3.8) is 0 Å². The van der Waals surface area contributed by atoms with Gasteiger partial charge in [0.2, 0.25) is 0 Å². The van der Waals surface area contributed by atoms with Crippen LogP contribution in [0.2, 0.25) is 0 Å². The smallest absolute Gasteiger partial charge is 0.164 e. The van der Waals surface area contributed by atoms with Crippen LogP contribution >= 0.6 is 0 Å². The standard InChI is InChI=1S/C45H27N3O2/c1-3-11-28(12-4-1)29-19-21-31(22-20-29)43-46-44(32-23-24-36-34-15-7-9-17-39(34)49-41(36)27-32)48-45(47-43)33-25-37(30-13-5-2-6-14-30)42-38(26-33)35-16-8-10-18-40(35)50-42/h1-27H/i2D,5D,6D,8D,10D,13D,14D,16D,18D,25D,26D. The molecule has 10 aromatic rings. The third-order valence-electron chi connectivity index (χ3n) is 8.56. The molecule has 0 unspecified atom stereocenters. The molecular weight excluding hydrogens is 615 g/mol. The van der Waals surface area contributed by atoms with Gasteiger partial charge in [0.15, 0.2) is 17.5 Å². The molecule has 5 heteroatoms. The minimum Gasteiger partial charge on any atom is -0.456 e. The Bertz CT molecular complexity index is 3470. The summed E-state index contributed by atoms with van der Waals surface area (Å²) in [4.78, 5) is 14.5. The second-order valence-electron chi connectivity index (χ2n) is 11.6. The summed E-state index contributed by atoms with van der Waals surface area (Å²) in [6.45, 7) is 0. The Morgan fingerprint density at radius 1 is 0.400 bits per heavy atom. The van der Waals surface area contributed by atoms with Crippen LogP contribution in [0, 0.1) is 0 Å². The zero-order valence-electron chi connectivity index (χ0n) is 36.9. The van der Waals surface area contributed by atoms with Crippen molar-refractivity contribution in [1.82, 2.24) is 15.0 Å². The fourth-order valence-electron chi connectivity index (χ4n) is 6.17. The van der Waals surface area contributed by atoms with E-state index in [-0.39, 0.29) is 50.5 Å². The average molecular weight is 653 g/mol. The number of hydrogen-bond acceptors (Lipinski definition) is 5. The number of nitrogens with zero attached hydrogens (tertiary/aromatic N) is 3. The van der Waals surface area contributed by atoms with Crippen molar-refractivity contribution in [2.24, 2.45) is 0 Å².